The third kappa shape index (κ3) is 8.67. The topological polar surface area (TPSA) is 6.48 Å². The van der Waals surface area contributed by atoms with E-state index >= 15 is 0 Å². The molecule has 6 aromatic rings. The molecular weight excluding hydrogens is 699 g/mol. The summed E-state index contributed by atoms with van der Waals surface area (Å²) in [5.41, 5.74) is -4.41. The average Bonchev–Trinajstić information content (AvgIpc) is 3.21. The van der Waals surface area contributed by atoms with Crippen molar-refractivity contribution >= 4 is 68.1 Å². The zero-order valence-corrected chi connectivity index (χ0v) is 33.2. The van der Waals surface area contributed by atoms with Gasteiger partial charge in [-0.15, -0.1) is 0 Å². The van der Waals surface area contributed by atoms with Crippen LogP contribution in [0.25, 0.3) is 10.8 Å². The predicted octanol–water partition coefficient (Wildman–Crippen LogP) is 16.3. The summed E-state index contributed by atoms with van der Waals surface area (Å²) < 4.78 is 159. The highest BCUT2D eigenvalue weighted by Gasteiger charge is 2.23. The second kappa shape index (κ2) is 14.4. The number of fused-ring (bicyclic) bond motifs is 1. The smallest absolute Gasteiger partial charge is 0.0651 e. The van der Waals surface area contributed by atoms with E-state index in [2.05, 4.69) is 0 Å². The van der Waals surface area contributed by atoms with E-state index in [1.54, 1.807) is 42.5 Å². The van der Waals surface area contributed by atoms with Gasteiger partial charge in [-0.2, -0.15) is 0 Å². The Morgan fingerprint density at radius 3 is 1.13 bits per heavy atom. The summed E-state index contributed by atoms with van der Waals surface area (Å²) in [6.45, 7) is 1.48. The van der Waals surface area contributed by atoms with Crippen LogP contribution in [0, 0.1) is 0 Å². The first kappa shape index (κ1) is 22.3. The van der Waals surface area contributed by atoms with E-state index in [1.165, 1.54) is 41.8 Å². The van der Waals surface area contributed by atoms with Gasteiger partial charge in [0.2, 0.25) is 0 Å². The fourth-order valence-corrected chi connectivity index (χ4v) is 6.56. The second-order valence-electron chi connectivity index (χ2n) is 16.2. The summed E-state index contributed by atoms with van der Waals surface area (Å²) in [5.74, 6) is 0. The lowest BCUT2D eigenvalue weighted by Crippen LogP contribution is -2.16. The number of nitrogens with zero attached hydrogens (tertiary/aromatic N) is 2. The summed E-state index contributed by atoms with van der Waals surface area (Å²) in [4.78, 5) is 2.68. The van der Waals surface area contributed by atoms with Gasteiger partial charge in [0.15, 0.2) is 0 Å². The Morgan fingerprint density at radius 1 is 0.407 bits per heavy atom. The van der Waals surface area contributed by atoms with E-state index in [-0.39, 0.29) is 49.0 Å². The van der Waals surface area contributed by atoms with Gasteiger partial charge >= 0.3 is 0 Å². The van der Waals surface area contributed by atoms with Crippen LogP contribution >= 0.6 is 23.2 Å². The Bertz CT molecular complexity index is 3010. The van der Waals surface area contributed by atoms with E-state index in [9.17, 15) is 8.22 Å². The molecule has 0 aliphatic carbocycles. The molecule has 6 aromatic carbocycles. The molecule has 0 unspecified atom stereocenters. The molecule has 0 bridgehead atoms. The van der Waals surface area contributed by atoms with Crippen molar-refractivity contribution in [2.24, 2.45) is 0 Å². The van der Waals surface area contributed by atoms with Crippen molar-refractivity contribution in [3.05, 3.63) is 153 Å². The first-order chi connectivity index (χ1) is 32.6. The van der Waals surface area contributed by atoms with Crippen LogP contribution in [-0.4, -0.2) is 0 Å². The van der Waals surface area contributed by atoms with Crippen molar-refractivity contribution in [2.75, 3.05) is 9.80 Å². The van der Waals surface area contributed by atoms with Crippen LogP contribution in [0.5, 0.6) is 0 Å². The summed E-state index contributed by atoms with van der Waals surface area (Å²) in [6, 6.07) is 17.9. The Kier molecular flexibility index (Phi) is 5.98. The Labute approximate surface area is 360 Å². The summed E-state index contributed by atoms with van der Waals surface area (Å²) in [5, 5.41) is -0.946. The van der Waals surface area contributed by atoms with Crippen molar-refractivity contribution in [1.82, 2.24) is 0 Å². The predicted molar refractivity (Wildman–Crippen MR) is 238 cm³/mol. The maximum absolute atomic E-state index is 9.86. The maximum Gasteiger partial charge on any atom is 0.0651 e. The minimum atomic E-state index is -3.68. The molecule has 0 aliphatic heterocycles. The number of benzene rings is 6. The molecule has 0 saturated heterocycles. The number of anilines is 6. The summed E-state index contributed by atoms with van der Waals surface area (Å²) in [6.07, 6.45) is 0. The minimum absolute atomic E-state index is 0.127. The third-order valence-corrected chi connectivity index (χ3v) is 9.65. The van der Waals surface area contributed by atoms with E-state index in [0.717, 1.165) is 23.3 Å². The molecule has 0 aromatic heterocycles. The lowest BCUT2D eigenvalue weighted by Gasteiger charge is -2.30. The zero-order valence-electron chi connectivity index (χ0n) is 49.7. The SMILES string of the molecule is [2H]c1c(N(c2ccc(C(C)(C)C)cc2)c2cc(Cl)cc(C(C([2H])([2H])[2H])(C([2H])([2H])[2H])C([2H])([2H])[2H])c2)c([2H])c2c([2H])c([2H])c(N(c3ccc(C(C)(C)C)cc3)c3cc(Cl)cc(C(C)(C)C([2H])([2H])[2H])c3)c([2H])c2c1[2H]. The maximum atomic E-state index is 9.86. The molecule has 0 aliphatic rings. The van der Waals surface area contributed by atoms with E-state index in [1.807, 2.05) is 53.7 Å². The molecule has 4 heteroatoms. The zero-order chi connectivity index (χ0) is 54.6. The summed E-state index contributed by atoms with van der Waals surface area (Å²) >= 11 is 13.5. The van der Waals surface area contributed by atoms with E-state index in [0.29, 0.717) is 11.3 Å². The lowest BCUT2D eigenvalue weighted by molar-refractivity contribution is 0.590. The van der Waals surface area contributed by atoms with Gasteiger partial charge in [-0.3, -0.25) is 0 Å². The normalized spacial score (nSPS) is 18.4. The molecule has 0 spiro atoms. The van der Waals surface area contributed by atoms with Crippen molar-refractivity contribution in [3.8, 4) is 0 Å². The molecule has 0 heterocycles. The number of hydrogen-bond donors (Lipinski definition) is 0. The van der Waals surface area contributed by atoms with Gasteiger partial charge in [0.25, 0.3) is 0 Å². The molecular formula is C50H56Cl2N2. The van der Waals surface area contributed by atoms with Crippen molar-refractivity contribution in [1.29, 1.82) is 0 Å². The molecule has 0 amide bonds. The van der Waals surface area contributed by atoms with Crippen LogP contribution < -0.4 is 9.80 Å². The Hall–Kier alpha value is -4.24. The Morgan fingerprint density at radius 2 is 0.778 bits per heavy atom. The third-order valence-electron chi connectivity index (χ3n) is 9.22. The monoisotopic (exact) mass is 772 g/mol. The first-order valence-corrected chi connectivity index (χ1v) is 18.3. The van der Waals surface area contributed by atoms with Crippen LogP contribution in [0.3, 0.4) is 0 Å². The molecule has 0 N–H and O–H groups in total. The minimum Gasteiger partial charge on any atom is -0.310 e. The number of halogens is 2. The first-order valence-electron chi connectivity index (χ1n) is 26.6. The molecule has 0 saturated carbocycles. The van der Waals surface area contributed by atoms with Crippen molar-refractivity contribution < 1.29 is 24.7 Å². The van der Waals surface area contributed by atoms with E-state index in [4.69, 9.17) is 39.7 Å². The number of hydrogen-bond acceptors (Lipinski definition) is 2. The highest BCUT2D eigenvalue weighted by atomic mass is 35.5. The van der Waals surface area contributed by atoms with Gasteiger partial charge in [-0.05, 0) is 140 Å². The van der Waals surface area contributed by atoms with Gasteiger partial charge in [-0.25, -0.2) is 0 Å². The van der Waals surface area contributed by atoms with Crippen molar-refractivity contribution in [2.45, 2.75) is 104 Å². The highest BCUT2D eigenvalue weighted by molar-refractivity contribution is 6.31. The van der Waals surface area contributed by atoms with Crippen LogP contribution in [0.2, 0.25) is 10.0 Å². The van der Waals surface area contributed by atoms with Gasteiger partial charge in [0.05, 0.1) is 8.22 Å². The fourth-order valence-electron chi connectivity index (χ4n) is 6.10. The van der Waals surface area contributed by atoms with Crippen LogP contribution in [-0.2, 0) is 21.7 Å². The van der Waals surface area contributed by atoms with Gasteiger partial charge < -0.3 is 9.80 Å². The quantitative estimate of drug-likeness (QED) is 0.166. The van der Waals surface area contributed by atoms with Gasteiger partial charge in [0, 0.05) is 60.6 Å². The van der Waals surface area contributed by atoms with Crippen molar-refractivity contribution in [3.63, 3.8) is 0 Å². The standard InChI is InChI=1S/C50H56Cl2N2/c1-47(2,3)35-15-21-41(22-16-35)53(45-29-37(49(7,8)9)27-39(51)31-45)43-19-13-34-26-44(20-14-33(34)25-43)54(42-23-17-36(18-24-42)48(4,5)6)46-30-38(50(10,11)12)28-40(52)32-46/h13-32H,1-12H3/i7D3,8D3,9D3,10D3,13D,14D,19D,20D,25D,26D. The van der Waals surface area contributed by atoms with Gasteiger partial charge in [0.1, 0.15) is 0 Å². The molecule has 54 heavy (non-hydrogen) atoms. The fraction of sp³-hybridized carbons (Fsp3) is 0.320. The summed E-state index contributed by atoms with van der Waals surface area (Å²) in [7, 11) is 0. The molecule has 2 nitrogen and oxygen atoms in total. The van der Waals surface area contributed by atoms with Crippen LogP contribution in [0.1, 0.15) is 130 Å². The second-order valence-corrected chi connectivity index (χ2v) is 17.1. The molecule has 0 radical (unpaired) electrons. The lowest BCUT2D eigenvalue weighted by atomic mass is 9.86. The molecule has 280 valence electrons. The average molecular weight is 774 g/mol. The van der Waals surface area contributed by atoms with Gasteiger partial charge in [-0.1, -0.05) is 142 Å². The Balaban J connectivity index is 1.76. The largest absolute Gasteiger partial charge is 0.310 e. The molecule has 6 rings (SSSR count). The highest BCUT2D eigenvalue weighted by Crippen LogP contribution is 2.43. The van der Waals surface area contributed by atoms with E-state index < -0.39 is 91.1 Å². The van der Waals surface area contributed by atoms with Crippen LogP contribution in [0.4, 0.5) is 34.1 Å². The van der Waals surface area contributed by atoms with Crippen LogP contribution in [0.15, 0.2) is 121 Å². The molecule has 0 atom stereocenters. The molecule has 0 fully saturated rings. The number of rotatable bonds is 6.